The van der Waals surface area contributed by atoms with Crippen LogP contribution in [-0.2, 0) is 4.79 Å². The lowest BCUT2D eigenvalue weighted by Gasteiger charge is -2.29. The van der Waals surface area contributed by atoms with Crippen LogP contribution in [0, 0.1) is 5.41 Å². The molecule has 0 aliphatic heterocycles. The Kier molecular flexibility index (Phi) is 7.03. The largest absolute Gasteiger partial charge is 0.481 e. The Morgan fingerprint density at radius 3 is 2.10 bits per heavy atom. The summed E-state index contributed by atoms with van der Waals surface area (Å²) < 4.78 is 0. The molecule has 0 heterocycles. The standard InChI is InChI=1S/C15H30N2O3/c1-7-8-15(5,6)17-13(20)16-11(9-12(18)19)10-14(2,3)4/h11H,7-10H2,1-6H3,(H,18,19)(H2,16,17,20). The van der Waals surface area contributed by atoms with Gasteiger partial charge in [-0.3, -0.25) is 4.79 Å². The highest BCUT2D eigenvalue weighted by atomic mass is 16.4. The first-order valence-corrected chi connectivity index (χ1v) is 7.25. The molecule has 0 aliphatic carbocycles. The average molecular weight is 286 g/mol. The van der Waals surface area contributed by atoms with Gasteiger partial charge in [0.25, 0.3) is 0 Å². The van der Waals surface area contributed by atoms with E-state index in [9.17, 15) is 9.59 Å². The Balaban J connectivity index is 4.57. The molecule has 0 aliphatic rings. The van der Waals surface area contributed by atoms with Crippen LogP contribution in [0.15, 0.2) is 0 Å². The molecule has 118 valence electrons. The maximum atomic E-state index is 12.0. The van der Waals surface area contributed by atoms with Gasteiger partial charge in [-0.05, 0) is 32.1 Å². The third kappa shape index (κ3) is 9.64. The summed E-state index contributed by atoms with van der Waals surface area (Å²) in [6.07, 6.45) is 2.43. The zero-order valence-electron chi connectivity index (χ0n) is 13.7. The SMILES string of the molecule is CCCC(C)(C)NC(=O)NC(CC(=O)O)CC(C)(C)C. The van der Waals surface area contributed by atoms with Crippen molar-refractivity contribution in [3.8, 4) is 0 Å². The highest BCUT2D eigenvalue weighted by Crippen LogP contribution is 2.22. The second-order valence-electron chi connectivity index (χ2n) is 7.29. The van der Waals surface area contributed by atoms with E-state index in [1.54, 1.807) is 0 Å². The Hall–Kier alpha value is -1.26. The van der Waals surface area contributed by atoms with Gasteiger partial charge in [-0.15, -0.1) is 0 Å². The molecule has 0 spiro atoms. The van der Waals surface area contributed by atoms with Crippen LogP contribution >= 0.6 is 0 Å². The quantitative estimate of drug-likeness (QED) is 0.672. The molecule has 0 saturated heterocycles. The Morgan fingerprint density at radius 2 is 1.70 bits per heavy atom. The topological polar surface area (TPSA) is 78.4 Å². The Morgan fingerprint density at radius 1 is 1.15 bits per heavy atom. The van der Waals surface area contributed by atoms with Crippen molar-refractivity contribution in [3.63, 3.8) is 0 Å². The van der Waals surface area contributed by atoms with Crippen molar-refractivity contribution in [1.29, 1.82) is 0 Å². The zero-order chi connectivity index (χ0) is 16.0. The minimum atomic E-state index is -0.896. The lowest BCUT2D eigenvalue weighted by atomic mass is 9.87. The van der Waals surface area contributed by atoms with Crippen LogP contribution in [0.25, 0.3) is 0 Å². The van der Waals surface area contributed by atoms with Crippen LogP contribution in [0.2, 0.25) is 0 Å². The van der Waals surface area contributed by atoms with Crippen LogP contribution in [0.4, 0.5) is 4.79 Å². The number of hydrogen-bond acceptors (Lipinski definition) is 2. The van der Waals surface area contributed by atoms with Crippen molar-refractivity contribution in [1.82, 2.24) is 10.6 Å². The van der Waals surface area contributed by atoms with Crippen molar-refractivity contribution in [3.05, 3.63) is 0 Å². The smallest absolute Gasteiger partial charge is 0.315 e. The second-order valence-corrected chi connectivity index (χ2v) is 7.29. The fourth-order valence-electron chi connectivity index (χ4n) is 2.34. The molecular formula is C15H30N2O3. The van der Waals surface area contributed by atoms with Gasteiger partial charge in [-0.25, -0.2) is 4.79 Å². The number of amides is 2. The molecule has 2 amide bonds. The van der Waals surface area contributed by atoms with E-state index in [-0.39, 0.29) is 29.4 Å². The van der Waals surface area contributed by atoms with Crippen molar-refractivity contribution >= 4 is 12.0 Å². The fourth-order valence-corrected chi connectivity index (χ4v) is 2.34. The molecule has 1 unspecified atom stereocenters. The van der Waals surface area contributed by atoms with E-state index in [1.165, 1.54) is 0 Å². The Labute approximate surface area is 122 Å². The van der Waals surface area contributed by atoms with Gasteiger partial charge in [0.1, 0.15) is 0 Å². The van der Waals surface area contributed by atoms with Crippen molar-refractivity contribution in [2.24, 2.45) is 5.41 Å². The van der Waals surface area contributed by atoms with E-state index in [0.29, 0.717) is 6.42 Å². The summed E-state index contributed by atoms with van der Waals surface area (Å²) in [5, 5.41) is 14.6. The minimum absolute atomic E-state index is 0.0354. The van der Waals surface area contributed by atoms with Gasteiger partial charge >= 0.3 is 12.0 Å². The second kappa shape index (κ2) is 7.50. The molecule has 0 aromatic heterocycles. The molecule has 0 fully saturated rings. The molecule has 1 atom stereocenters. The zero-order valence-corrected chi connectivity index (χ0v) is 13.7. The van der Waals surface area contributed by atoms with Crippen LogP contribution in [0.1, 0.15) is 67.2 Å². The molecule has 5 nitrogen and oxygen atoms in total. The predicted molar refractivity (Wildman–Crippen MR) is 80.8 cm³/mol. The number of nitrogens with one attached hydrogen (secondary N) is 2. The van der Waals surface area contributed by atoms with Gasteiger partial charge in [-0.1, -0.05) is 34.1 Å². The predicted octanol–water partition coefficient (Wildman–Crippen LogP) is 3.14. The highest BCUT2D eigenvalue weighted by molar-refractivity contribution is 5.76. The van der Waals surface area contributed by atoms with Gasteiger partial charge in [0.2, 0.25) is 0 Å². The van der Waals surface area contributed by atoms with Crippen LogP contribution in [0.3, 0.4) is 0 Å². The number of carbonyl (C=O) groups excluding carboxylic acids is 1. The number of carbonyl (C=O) groups is 2. The monoisotopic (exact) mass is 286 g/mol. The summed E-state index contributed by atoms with van der Waals surface area (Å²) in [4.78, 5) is 22.9. The fraction of sp³-hybridized carbons (Fsp3) is 0.867. The third-order valence-electron chi connectivity index (χ3n) is 2.94. The van der Waals surface area contributed by atoms with Crippen LogP contribution in [-0.4, -0.2) is 28.7 Å². The number of urea groups is 1. The molecule has 0 radical (unpaired) electrons. The average Bonchev–Trinajstić information content (AvgIpc) is 2.10. The van der Waals surface area contributed by atoms with E-state index in [0.717, 1.165) is 12.8 Å². The van der Waals surface area contributed by atoms with E-state index >= 15 is 0 Å². The van der Waals surface area contributed by atoms with Gasteiger partial charge in [-0.2, -0.15) is 0 Å². The molecule has 0 saturated carbocycles. The Bertz CT molecular complexity index is 333. The van der Waals surface area contributed by atoms with Crippen molar-refractivity contribution in [2.45, 2.75) is 78.8 Å². The van der Waals surface area contributed by atoms with E-state index < -0.39 is 5.97 Å². The molecule has 0 aromatic carbocycles. The summed E-state index contributed by atoms with van der Waals surface area (Å²) in [5.41, 5.74) is -0.319. The number of aliphatic carboxylic acids is 1. The van der Waals surface area contributed by atoms with Gasteiger partial charge in [0, 0.05) is 11.6 Å². The molecule has 0 rings (SSSR count). The first kappa shape index (κ1) is 18.7. The van der Waals surface area contributed by atoms with Gasteiger partial charge < -0.3 is 15.7 Å². The summed E-state index contributed by atoms with van der Waals surface area (Å²) in [7, 11) is 0. The van der Waals surface area contributed by atoms with E-state index in [1.807, 2.05) is 34.6 Å². The summed E-state index contributed by atoms with van der Waals surface area (Å²) in [6.45, 7) is 12.1. The highest BCUT2D eigenvalue weighted by Gasteiger charge is 2.25. The maximum absolute atomic E-state index is 12.0. The van der Waals surface area contributed by atoms with E-state index in [4.69, 9.17) is 5.11 Å². The first-order valence-electron chi connectivity index (χ1n) is 7.25. The summed E-state index contributed by atoms with van der Waals surface area (Å²) in [5.74, 6) is -0.896. The molecule has 20 heavy (non-hydrogen) atoms. The normalized spacial score (nSPS) is 13.7. The van der Waals surface area contributed by atoms with Crippen molar-refractivity contribution < 1.29 is 14.7 Å². The van der Waals surface area contributed by atoms with Crippen molar-refractivity contribution in [2.75, 3.05) is 0 Å². The van der Waals surface area contributed by atoms with E-state index in [2.05, 4.69) is 17.6 Å². The number of carboxylic acids is 1. The molecule has 0 bridgehead atoms. The first-order chi connectivity index (χ1) is 8.95. The molecule has 3 N–H and O–H groups in total. The third-order valence-corrected chi connectivity index (χ3v) is 2.94. The summed E-state index contributed by atoms with van der Waals surface area (Å²) >= 11 is 0. The lowest BCUT2D eigenvalue weighted by molar-refractivity contribution is -0.137. The lowest BCUT2D eigenvalue weighted by Crippen LogP contribution is -2.51. The number of rotatable bonds is 7. The number of carboxylic acid groups (broad SMARTS) is 1. The maximum Gasteiger partial charge on any atom is 0.315 e. The minimum Gasteiger partial charge on any atom is -0.481 e. The molecule has 0 aromatic rings. The number of hydrogen-bond donors (Lipinski definition) is 3. The van der Waals surface area contributed by atoms with Crippen LogP contribution < -0.4 is 10.6 Å². The van der Waals surface area contributed by atoms with Gasteiger partial charge in [0.05, 0.1) is 6.42 Å². The summed E-state index contributed by atoms with van der Waals surface area (Å²) in [6, 6.07) is -0.649. The van der Waals surface area contributed by atoms with Gasteiger partial charge in [0.15, 0.2) is 0 Å². The molecule has 5 heteroatoms. The molecular weight excluding hydrogens is 256 g/mol. The van der Waals surface area contributed by atoms with Crippen LogP contribution in [0.5, 0.6) is 0 Å².